The monoisotopic (exact) mass is 508 g/mol. The minimum atomic E-state index is -0.581. The van der Waals surface area contributed by atoms with Gasteiger partial charge in [-0.3, -0.25) is 0 Å². The number of ether oxygens (including phenoxy) is 1. The average molecular weight is 509 g/mol. The zero-order valence-electron chi connectivity index (χ0n) is 19.5. The standard InChI is InChI=1S/C23H30ClFN6O2S/c1-23(2,3)33-22(32)30-9-10-34-21(27)19(31-15-7-8-29-20(12-15)28-4)13-18(26)16-11-14(24)5-6-17(16)25/h5-8,11-13H,9-10,26-27H2,1-4H3,(H,30,32)(H2,28,29,31)/b18-13-,21-19-. The SMILES string of the molecule is CNc1cc(NC(/C=C(\N)c2cc(Cl)ccc2F)=C(/N)SCCNC(=O)OC(C)(C)C)ccn1. The number of allylic oxidation sites excluding steroid dienone is 1. The number of thioether (sulfide) groups is 1. The van der Waals surface area contributed by atoms with Crippen LogP contribution in [0.4, 0.5) is 20.7 Å². The van der Waals surface area contributed by atoms with Gasteiger partial charge in [0, 0.05) is 53.6 Å². The summed E-state index contributed by atoms with van der Waals surface area (Å²) in [5.74, 6) is 0.606. The molecule has 0 aliphatic rings. The summed E-state index contributed by atoms with van der Waals surface area (Å²) in [4.78, 5) is 16.0. The van der Waals surface area contributed by atoms with Crippen LogP contribution in [0.25, 0.3) is 5.70 Å². The predicted molar refractivity (Wildman–Crippen MR) is 139 cm³/mol. The van der Waals surface area contributed by atoms with E-state index in [1.54, 1.807) is 46.1 Å². The van der Waals surface area contributed by atoms with Gasteiger partial charge in [0.2, 0.25) is 0 Å². The third kappa shape index (κ3) is 9.03. The molecule has 0 atom stereocenters. The van der Waals surface area contributed by atoms with Crippen LogP contribution in [0, 0.1) is 5.82 Å². The van der Waals surface area contributed by atoms with Gasteiger partial charge < -0.3 is 32.2 Å². The summed E-state index contributed by atoms with van der Waals surface area (Å²) in [5, 5.41) is 9.58. The largest absolute Gasteiger partial charge is 0.444 e. The number of hydrogen-bond acceptors (Lipinski definition) is 8. The summed E-state index contributed by atoms with van der Waals surface area (Å²) in [6.07, 6.45) is 2.66. The van der Waals surface area contributed by atoms with E-state index in [-0.39, 0.29) is 11.3 Å². The van der Waals surface area contributed by atoms with Crippen molar-refractivity contribution >= 4 is 46.7 Å². The Morgan fingerprint density at radius 3 is 2.68 bits per heavy atom. The third-order valence-electron chi connectivity index (χ3n) is 4.13. The highest BCUT2D eigenvalue weighted by Gasteiger charge is 2.15. The highest BCUT2D eigenvalue weighted by Crippen LogP contribution is 2.24. The van der Waals surface area contributed by atoms with Gasteiger partial charge >= 0.3 is 6.09 Å². The molecule has 0 aliphatic carbocycles. The fraction of sp³-hybridized carbons (Fsp3) is 0.304. The van der Waals surface area contributed by atoms with Crippen LogP contribution in [0.5, 0.6) is 0 Å². The summed E-state index contributed by atoms with van der Waals surface area (Å²) in [6.45, 7) is 5.70. The molecule has 0 unspecified atom stereocenters. The third-order valence-corrected chi connectivity index (χ3v) is 5.30. The molecule has 2 rings (SSSR count). The first kappa shape index (κ1) is 27.1. The van der Waals surface area contributed by atoms with Crippen LogP contribution in [0.15, 0.2) is 53.3 Å². The van der Waals surface area contributed by atoms with Crippen molar-refractivity contribution in [2.75, 3.05) is 30.0 Å². The van der Waals surface area contributed by atoms with Crippen molar-refractivity contribution in [1.29, 1.82) is 0 Å². The number of carbonyl (C=O) groups is 1. The second-order valence-electron chi connectivity index (χ2n) is 8.08. The molecule has 2 aromatic rings. The van der Waals surface area contributed by atoms with E-state index in [0.29, 0.717) is 39.6 Å². The number of nitrogens with two attached hydrogens (primary N) is 2. The van der Waals surface area contributed by atoms with Crippen LogP contribution in [0.2, 0.25) is 5.02 Å². The van der Waals surface area contributed by atoms with E-state index in [9.17, 15) is 9.18 Å². The average Bonchev–Trinajstić information content (AvgIpc) is 2.76. The number of pyridine rings is 1. The van der Waals surface area contributed by atoms with E-state index >= 15 is 0 Å². The maximum Gasteiger partial charge on any atom is 0.407 e. The fourth-order valence-corrected chi connectivity index (χ4v) is 3.49. The Morgan fingerprint density at radius 1 is 1.26 bits per heavy atom. The van der Waals surface area contributed by atoms with Crippen LogP contribution in [-0.2, 0) is 4.74 Å². The molecule has 0 radical (unpaired) electrons. The normalized spacial score (nSPS) is 12.6. The predicted octanol–water partition coefficient (Wildman–Crippen LogP) is 4.71. The Hall–Kier alpha value is -3.11. The van der Waals surface area contributed by atoms with E-state index in [1.165, 1.54) is 36.0 Å². The van der Waals surface area contributed by atoms with Gasteiger partial charge in [-0.1, -0.05) is 11.6 Å². The van der Waals surface area contributed by atoms with Gasteiger partial charge in [-0.25, -0.2) is 14.2 Å². The molecule has 7 N–H and O–H groups in total. The summed E-state index contributed by atoms with van der Waals surface area (Å²) < 4.78 is 19.5. The molecule has 1 amide bonds. The van der Waals surface area contributed by atoms with E-state index in [1.807, 2.05) is 0 Å². The Morgan fingerprint density at radius 2 is 2.00 bits per heavy atom. The molecule has 0 saturated carbocycles. The van der Waals surface area contributed by atoms with Crippen molar-refractivity contribution in [2.24, 2.45) is 11.5 Å². The lowest BCUT2D eigenvalue weighted by atomic mass is 10.1. The summed E-state index contributed by atoms with van der Waals surface area (Å²) in [5.41, 5.74) is 13.4. The number of halogens is 2. The Labute approximate surface area is 208 Å². The zero-order chi connectivity index (χ0) is 25.3. The van der Waals surface area contributed by atoms with Crippen LogP contribution in [0.1, 0.15) is 26.3 Å². The molecule has 184 valence electrons. The Balaban J connectivity index is 2.23. The Kier molecular flexibility index (Phi) is 9.88. The number of carbonyl (C=O) groups excluding carboxylic acids is 1. The first-order valence-corrected chi connectivity index (χ1v) is 11.8. The highest BCUT2D eigenvalue weighted by atomic mass is 35.5. The molecule has 1 aromatic heterocycles. The number of anilines is 2. The molecule has 11 heteroatoms. The second kappa shape index (κ2) is 12.4. The van der Waals surface area contributed by atoms with Crippen LogP contribution in [-0.4, -0.2) is 36.0 Å². The number of rotatable bonds is 9. The summed E-state index contributed by atoms with van der Waals surface area (Å²) in [7, 11) is 1.75. The van der Waals surface area contributed by atoms with E-state index in [0.717, 1.165) is 0 Å². The number of alkyl carbamates (subject to hydrolysis) is 1. The quantitative estimate of drug-likeness (QED) is 0.243. The molecule has 34 heavy (non-hydrogen) atoms. The van der Waals surface area contributed by atoms with Gasteiger partial charge in [0.25, 0.3) is 0 Å². The van der Waals surface area contributed by atoms with Crippen LogP contribution in [0.3, 0.4) is 0 Å². The van der Waals surface area contributed by atoms with Crippen molar-refractivity contribution < 1.29 is 13.9 Å². The van der Waals surface area contributed by atoms with Gasteiger partial charge in [-0.05, 0) is 51.1 Å². The molecule has 8 nitrogen and oxygen atoms in total. The fourth-order valence-electron chi connectivity index (χ4n) is 2.63. The summed E-state index contributed by atoms with van der Waals surface area (Å²) in [6, 6.07) is 7.68. The van der Waals surface area contributed by atoms with Crippen molar-refractivity contribution in [3.8, 4) is 0 Å². The summed E-state index contributed by atoms with van der Waals surface area (Å²) >= 11 is 7.30. The van der Waals surface area contributed by atoms with Crippen molar-refractivity contribution in [2.45, 2.75) is 26.4 Å². The van der Waals surface area contributed by atoms with Crippen LogP contribution >= 0.6 is 23.4 Å². The van der Waals surface area contributed by atoms with E-state index in [2.05, 4.69) is 20.9 Å². The molecular formula is C23H30ClFN6O2S. The maximum atomic E-state index is 14.3. The lowest BCUT2D eigenvalue weighted by Crippen LogP contribution is -2.33. The van der Waals surface area contributed by atoms with Crippen molar-refractivity contribution in [3.05, 3.63) is 69.7 Å². The van der Waals surface area contributed by atoms with Gasteiger partial charge in [0.05, 0.1) is 10.7 Å². The van der Waals surface area contributed by atoms with E-state index in [4.69, 9.17) is 27.8 Å². The van der Waals surface area contributed by atoms with Crippen molar-refractivity contribution in [3.63, 3.8) is 0 Å². The minimum absolute atomic E-state index is 0.140. The smallest absolute Gasteiger partial charge is 0.407 e. The second-order valence-corrected chi connectivity index (χ2v) is 9.66. The van der Waals surface area contributed by atoms with Crippen molar-refractivity contribution in [1.82, 2.24) is 10.3 Å². The number of nitrogens with zero attached hydrogens (tertiary/aromatic N) is 1. The number of hydrogen-bond donors (Lipinski definition) is 5. The number of benzene rings is 1. The first-order chi connectivity index (χ1) is 16.0. The number of nitrogens with one attached hydrogen (secondary N) is 3. The molecular weight excluding hydrogens is 479 g/mol. The first-order valence-electron chi connectivity index (χ1n) is 10.4. The van der Waals surface area contributed by atoms with Gasteiger partial charge in [-0.15, -0.1) is 11.8 Å². The van der Waals surface area contributed by atoms with Gasteiger partial charge in [0.1, 0.15) is 17.2 Å². The van der Waals surface area contributed by atoms with E-state index < -0.39 is 17.5 Å². The van der Waals surface area contributed by atoms with Crippen LogP contribution < -0.4 is 27.4 Å². The Bertz CT molecular complexity index is 1070. The molecule has 0 spiro atoms. The molecule has 1 aromatic carbocycles. The molecule has 0 saturated heterocycles. The molecule has 0 fully saturated rings. The lowest BCUT2D eigenvalue weighted by Gasteiger charge is -2.19. The molecule has 1 heterocycles. The van der Waals surface area contributed by atoms with Gasteiger partial charge in [0.15, 0.2) is 0 Å². The number of amides is 1. The lowest BCUT2D eigenvalue weighted by molar-refractivity contribution is 0.0531. The van der Waals surface area contributed by atoms with Gasteiger partial charge in [-0.2, -0.15) is 0 Å². The topological polar surface area (TPSA) is 127 Å². The molecule has 0 aliphatic heterocycles. The molecule has 0 bridgehead atoms. The number of aromatic nitrogens is 1. The highest BCUT2D eigenvalue weighted by molar-refractivity contribution is 8.03. The zero-order valence-corrected chi connectivity index (χ0v) is 21.1. The maximum absolute atomic E-state index is 14.3. The minimum Gasteiger partial charge on any atom is -0.444 e.